The average Bonchev–Trinajstić information content (AvgIpc) is 2.77. The van der Waals surface area contributed by atoms with Crippen LogP contribution in [0.4, 0.5) is 0 Å². The van der Waals surface area contributed by atoms with E-state index in [0.29, 0.717) is 11.5 Å². The van der Waals surface area contributed by atoms with Crippen LogP contribution in [-0.4, -0.2) is 20.7 Å². The molecule has 0 unspecified atom stereocenters. The van der Waals surface area contributed by atoms with Gasteiger partial charge in [-0.3, -0.25) is 14.2 Å². The summed E-state index contributed by atoms with van der Waals surface area (Å²) in [4.78, 5) is 19.7. The molecular formula is C14H11N3O. The van der Waals surface area contributed by atoms with Crippen LogP contribution in [0.15, 0.2) is 42.7 Å². The monoisotopic (exact) mass is 237 g/mol. The Bertz CT molecular complexity index is 716. The van der Waals surface area contributed by atoms with Crippen LogP contribution in [-0.2, 0) is 0 Å². The molecule has 4 heteroatoms. The van der Waals surface area contributed by atoms with E-state index >= 15 is 0 Å². The number of aryl methyl sites for hydroxylation is 1. The molecule has 0 fully saturated rings. The second-order valence-electron chi connectivity index (χ2n) is 4.11. The van der Waals surface area contributed by atoms with Gasteiger partial charge in [0, 0.05) is 12.4 Å². The van der Waals surface area contributed by atoms with Gasteiger partial charge < -0.3 is 0 Å². The van der Waals surface area contributed by atoms with Crippen molar-refractivity contribution in [2.75, 3.05) is 0 Å². The Morgan fingerprint density at radius 2 is 2.17 bits per heavy atom. The standard InChI is InChI=1S/C14H11N3O/c1-10-5-7-17-13(8-10)12(9-18)16-14(17)11-4-2-3-6-15-11/h2-9H,1H3. The highest BCUT2D eigenvalue weighted by Crippen LogP contribution is 2.20. The number of hydrogen-bond acceptors (Lipinski definition) is 3. The lowest BCUT2D eigenvalue weighted by molar-refractivity contribution is 0.112. The third-order valence-corrected chi connectivity index (χ3v) is 2.83. The van der Waals surface area contributed by atoms with Gasteiger partial charge >= 0.3 is 0 Å². The van der Waals surface area contributed by atoms with E-state index in [4.69, 9.17) is 0 Å². The zero-order chi connectivity index (χ0) is 12.5. The molecule has 0 amide bonds. The van der Waals surface area contributed by atoms with Gasteiger partial charge in [-0.05, 0) is 36.8 Å². The second-order valence-corrected chi connectivity index (χ2v) is 4.11. The summed E-state index contributed by atoms with van der Waals surface area (Å²) in [5, 5.41) is 0. The first kappa shape index (κ1) is 10.7. The van der Waals surface area contributed by atoms with Gasteiger partial charge in [-0.1, -0.05) is 6.07 Å². The van der Waals surface area contributed by atoms with Crippen LogP contribution in [0.3, 0.4) is 0 Å². The number of aromatic nitrogens is 3. The maximum atomic E-state index is 11.1. The van der Waals surface area contributed by atoms with Crippen LogP contribution >= 0.6 is 0 Å². The molecule has 3 aromatic heterocycles. The van der Waals surface area contributed by atoms with Crippen molar-refractivity contribution >= 4 is 11.8 Å². The molecule has 3 aromatic rings. The Balaban J connectivity index is 2.34. The zero-order valence-corrected chi connectivity index (χ0v) is 9.87. The number of nitrogens with zero attached hydrogens (tertiary/aromatic N) is 3. The van der Waals surface area contributed by atoms with Crippen molar-refractivity contribution in [3.8, 4) is 11.5 Å². The molecule has 0 saturated carbocycles. The summed E-state index contributed by atoms with van der Waals surface area (Å²) in [5.41, 5.74) is 3.10. The molecule has 18 heavy (non-hydrogen) atoms. The van der Waals surface area contributed by atoms with Crippen molar-refractivity contribution in [1.82, 2.24) is 14.4 Å². The smallest absolute Gasteiger partial charge is 0.170 e. The third kappa shape index (κ3) is 1.59. The summed E-state index contributed by atoms with van der Waals surface area (Å²) >= 11 is 0. The minimum Gasteiger partial charge on any atom is -0.298 e. The molecule has 3 heterocycles. The molecule has 0 aliphatic heterocycles. The first-order chi connectivity index (χ1) is 8.79. The van der Waals surface area contributed by atoms with Crippen molar-refractivity contribution in [3.63, 3.8) is 0 Å². The summed E-state index contributed by atoms with van der Waals surface area (Å²) < 4.78 is 1.89. The number of carbonyl (C=O) groups excluding carboxylic acids is 1. The van der Waals surface area contributed by atoms with Crippen LogP contribution in [0, 0.1) is 6.92 Å². The van der Waals surface area contributed by atoms with Crippen molar-refractivity contribution < 1.29 is 4.79 Å². The fraction of sp³-hybridized carbons (Fsp3) is 0.0714. The van der Waals surface area contributed by atoms with Gasteiger partial charge in [0.1, 0.15) is 11.4 Å². The lowest BCUT2D eigenvalue weighted by Crippen LogP contribution is -1.91. The van der Waals surface area contributed by atoms with E-state index in [1.165, 1.54) is 0 Å². The molecule has 0 atom stereocenters. The van der Waals surface area contributed by atoms with E-state index in [1.807, 2.05) is 47.9 Å². The summed E-state index contributed by atoms with van der Waals surface area (Å²) in [7, 11) is 0. The molecule has 3 rings (SSSR count). The minimum atomic E-state index is 0.444. The number of fused-ring (bicyclic) bond motifs is 1. The highest BCUT2D eigenvalue weighted by molar-refractivity contribution is 5.85. The molecule has 0 aliphatic rings. The molecule has 0 aliphatic carbocycles. The number of rotatable bonds is 2. The summed E-state index contributed by atoms with van der Waals surface area (Å²) in [6.07, 6.45) is 4.40. The Labute approximate surface area is 104 Å². The molecule has 0 bridgehead atoms. The van der Waals surface area contributed by atoms with Crippen molar-refractivity contribution in [1.29, 1.82) is 0 Å². The maximum absolute atomic E-state index is 11.1. The average molecular weight is 237 g/mol. The SMILES string of the molecule is Cc1ccn2c(-c3ccccn3)nc(C=O)c2c1. The van der Waals surface area contributed by atoms with Crippen molar-refractivity contribution in [2.45, 2.75) is 6.92 Å². The topological polar surface area (TPSA) is 47.3 Å². The van der Waals surface area contributed by atoms with Gasteiger partial charge in [0.15, 0.2) is 12.1 Å². The summed E-state index contributed by atoms with van der Waals surface area (Å²) in [6.45, 7) is 1.99. The Kier molecular flexibility index (Phi) is 2.41. The fourth-order valence-corrected chi connectivity index (χ4v) is 1.98. The Morgan fingerprint density at radius 3 is 2.89 bits per heavy atom. The lowest BCUT2D eigenvalue weighted by atomic mass is 10.2. The largest absolute Gasteiger partial charge is 0.298 e. The molecular weight excluding hydrogens is 226 g/mol. The number of hydrogen-bond donors (Lipinski definition) is 0. The highest BCUT2D eigenvalue weighted by Gasteiger charge is 2.12. The van der Waals surface area contributed by atoms with E-state index in [1.54, 1.807) is 6.20 Å². The van der Waals surface area contributed by atoms with Gasteiger partial charge in [-0.15, -0.1) is 0 Å². The lowest BCUT2D eigenvalue weighted by Gasteiger charge is -2.00. The quantitative estimate of drug-likeness (QED) is 0.643. The predicted molar refractivity (Wildman–Crippen MR) is 68.5 cm³/mol. The normalized spacial score (nSPS) is 10.7. The van der Waals surface area contributed by atoms with Crippen LogP contribution in [0.2, 0.25) is 0 Å². The number of carbonyl (C=O) groups is 1. The van der Waals surface area contributed by atoms with E-state index in [0.717, 1.165) is 23.1 Å². The zero-order valence-electron chi connectivity index (χ0n) is 9.87. The Hall–Kier alpha value is -2.49. The first-order valence-corrected chi connectivity index (χ1v) is 5.65. The molecule has 0 radical (unpaired) electrons. The van der Waals surface area contributed by atoms with Crippen LogP contribution in [0.5, 0.6) is 0 Å². The Morgan fingerprint density at radius 1 is 1.28 bits per heavy atom. The van der Waals surface area contributed by atoms with E-state index in [9.17, 15) is 4.79 Å². The van der Waals surface area contributed by atoms with Gasteiger partial charge in [0.25, 0.3) is 0 Å². The third-order valence-electron chi connectivity index (χ3n) is 2.83. The van der Waals surface area contributed by atoms with E-state index < -0.39 is 0 Å². The molecule has 0 aromatic carbocycles. The van der Waals surface area contributed by atoms with Crippen molar-refractivity contribution in [3.05, 3.63) is 54.0 Å². The minimum absolute atomic E-state index is 0.444. The summed E-state index contributed by atoms with van der Waals surface area (Å²) in [6, 6.07) is 9.56. The highest BCUT2D eigenvalue weighted by atomic mass is 16.1. The number of pyridine rings is 2. The molecule has 0 spiro atoms. The fourth-order valence-electron chi connectivity index (χ4n) is 1.98. The molecule has 0 saturated heterocycles. The van der Waals surface area contributed by atoms with Crippen LogP contribution in [0.1, 0.15) is 16.1 Å². The second kappa shape index (κ2) is 4.07. The van der Waals surface area contributed by atoms with Gasteiger partial charge in [-0.25, -0.2) is 4.98 Å². The number of aldehydes is 1. The van der Waals surface area contributed by atoms with Gasteiger partial charge in [0.05, 0.1) is 5.52 Å². The number of imidazole rings is 1. The van der Waals surface area contributed by atoms with Gasteiger partial charge in [0.2, 0.25) is 0 Å². The first-order valence-electron chi connectivity index (χ1n) is 5.65. The van der Waals surface area contributed by atoms with Crippen LogP contribution in [0.25, 0.3) is 17.0 Å². The predicted octanol–water partition coefficient (Wildman–Crippen LogP) is 2.52. The van der Waals surface area contributed by atoms with E-state index in [2.05, 4.69) is 9.97 Å². The van der Waals surface area contributed by atoms with Crippen LogP contribution < -0.4 is 0 Å². The van der Waals surface area contributed by atoms with E-state index in [-0.39, 0.29) is 0 Å². The molecule has 0 N–H and O–H groups in total. The van der Waals surface area contributed by atoms with Crippen molar-refractivity contribution in [2.24, 2.45) is 0 Å². The maximum Gasteiger partial charge on any atom is 0.170 e. The summed E-state index contributed by atoms with van der Waals surface area (Å²) in [5.74, 6) is 0.688. The molecule has 88 valence electrons. The van der Waals surface area contributed by atoms with Gasteiger partial charge in [-0.2, -0.15) is 0 Å². The molecule has 4 nitrogen and oxygen atoms in total.